The molecule has 0 atom stereocenters. The van der Waals surface area contributed by atoms with Crippen molar-refractivity contribution in [1.29, 1.82) is 0 Å². The van der Waals surface area contributed by atoms with Gasteiger partial charge in [0.2, 0.25) is 0 Å². The van der Waals surface area contributed by atoms with E-state index in [1.807, 2.05) is 4.68 Å². The first-order valence-electron chi connectivity index (χ1n) is 7.44. The minimum absolute atomic E-state index is 0.255. The van der Waals surface area contributed by atoms with E-state index in [0.29, 0.717) is 18.7 Å². The van der Waals surface area contributed by atoms with Gasteiger partial charge in [-0.2, -0.15) is 5.10 Å². The Hall–Kier alpha value is -1.16. The van der Waals surface area contributed by atoms with Gasteiger partial charge in [-0.25, -0.2) is 0 Å². The van der Waals surface area contributed by atoms with Crippen LogP contribution < -0.4 is 5.73 Å². The number of hydrogen-bond acceptors (Lipinski definition) is 3. The number of ketones is 1. The lowest BCUT2D eigenvalue weighted by molar-refractivity contribution is -0.127. The molecule has 1 aromatic heterocycles. The zero-order valence-electron chi connectivity index (χ0n) is 12.1. The average molecular weight is 263 g/mol. The van der Waals surface area contributed by atoms with Gasteiger partial charge in [-0.3, -0.25) is 9.48 Å². The third kappa shape index (κ3) is 2.73. The molecule has 106 valence electrons. The molecule has 0 aliphatic heterocycles. The first-order valence-corrected chi connectivity index (χ1v) is 7.44. The van der Waals surface area contributed by atoms with Crippen molar-refractivity contribution in [2.24, 2.45) is 11.1 Å². The molecule has 1 fully saturated rings. The Morgan fingerprint density at radius 2 is 2.11 bits per heavy atom. The summed E-state index contributed by atoms with van der Waals surface area (Å²) in [5.41, 5.74) is 7.74. The van der Waals surface area contributed by atoms with Gasteiger partial charge in [-0.15, -0.1) is 0 Å². The van der Waals surface area contributed by atoms with Crippen LogP contribution in [0.4, 0.5) is 0 Å². The van der Waals surface area contributed by atoms with E-state index < -0.39 is 0 Å². The molecule has 0 amide bonds. The van der Waals surface area contributed by atoms with Crippen molar-refractivity contribution < 1.29 is 4.79 Å². The molecule has 0 bridgehead atoms. The highest BCUT2D eigenvalue weighted by atomic mass is 16.1. The van der Waals surface area contributed by atoms with Crippen LogP contribution in [0.15, 0.2) is 6.07 Å². The van der Waals surface area contributed by atoms with Crippen molar-refractivity contribution in [1.82, 2.24) is 9.78 Å². The summed E-state index contributed by atoms with van der Waals surface area (Å²) in [6.45, 7) is 5.46. The number of aryl methyl sites for hydroxylation is 2. The maximum absolute atomic E-state index is 12.6. The molecule has 2 N–H and O–H groups in total. The fraction of sp³-hybridized carbons (Fsp3) is 0.733. The number of aromatic nitrogens is 2. The molecular formula is C15H25N3O. The topological polar surface area (TPSA) is 60.9 Å². The summed E-state index contributed by atoms with van der Waals surface area (Å²) >= 11 is 0. The van der Waals surface area contributed by atoms with Gasteiger partial charge in [0.25, 0.3) is 0 Å². The normalized spacial score (nSPS) is 17.8. The van der Waals surface area contributed by atoms with Crippen molar-refractivity contribution in [3.63, 3.8) is 0 Å². The quantitative estimate of drug-likeness (QED) is 0.855. The second kappa shape index (κ2) is 5.87. The first-order chi connectivity index (χ1) is 9.15. The van der Waals surface area contributed by atoms with Crippen LogP contribution in [0.25, 0.3) is 0 Å². The number of hydrogen-bond donors (Lipinski definition) is 1. The molecule has 4 nitrogen and oxygen atoms in total. The fourth-order valence-electron chi connectivity index (χ4n) is 3.10. The lowest BCUT2D eigenvalue weighted by Crippen LogP contribution is -2.37. The van der Waals surface area contributed by atoms with Crippen LogP contribution in [0.2, 0.25) is 0 Å². The fourth-order valence-corrected chi connectivity index (χ4v) is 3.10. The van der Waals surface area contributed by atoms with Gasteiger partial charge in [-0.1, -0.05) is 19.8 Å². The maximum Gasteiger partial charge on any atom is 0.146 e. The lowest BCUT2D eigenvalue weighted by atomic mass is 9.80. The van der Waals surface area contributed by atoms with Gasteiger partial charge in [0.1, 0.15) is 5.78 Å². The Balaban J connectivity index is 2.16. The van der Waals surface area contributed by atoms with E-state index in [2.05, 4.69) is 25.0 Å². The Labute approximate surface area is 115 Å². The molecule has 0 aromatic carbocycles. The van der Waals surface area contributed by atoms with E-state index >= 15 is 0 Å². The molecule has 0 spiro atoms. The molecular weight excluding hydrogens is 238 g/mol. The zero-order valence-corrected chi connectivity index (χ0v) is 12.1. The van der Waals surface area contributed by atoms with Gasteiger partial charge in [0.05, 0.1) is 5.69 Å². The monoisotopic (exact) mass is 263 g/mol. The van der Waals surface area contributed by atoms with E-state index in [-0.39, 0.29) is 5.41 Å². The van der Waals surface area contributed by atoms with Crippen molar-refractivity contribution >= 4 is 5.78 Å². The highest BCUT2D eigenvalue weighted by molar-refractivity contribution is 5.87. The van der Waals surface area contributed by atoms with Crippen molar-refractivity contribution in [2.75, 3.05) is 6.54 Å². The van der Waals surface area contributed by atoms with Crippen LogP contribution in [0.5, 0.6) is 0 Å². The predicted molar refractivity (Wildman–Crippen MR) is 75.9 cm³/mol. The highest BCUT2D eigenvalue weighted by Gasteiger charge is 2.39. The van der Waals surface area contributed by atoms with Crippen molar-refractivity contribution in [3.8, 4) is 0 Å². The number of nitrogens with two attached hydrogens (primary N) is 1. The summed E-state index contributed by atoms with van der Waals surface area (Å²) < 4.78 is 1.95. The van der Waals surface area contributed by atoms with Crippen LogP contribution in [0, 0.1) is 5.41 Å². The van der Waals surface area contributed by atoms with E-state index in [0.717, 1.165) is 50.0 Å². The lowest BCUT2D eigenvalue weighted by Gasteiger charge is -2.25. The average Bonchev–Trinajstić information content (AvgIpc) is 3.05. The Kier molecular flexibility index (Phi) is 4.40. The van der Waals surface area contributed by atoms with Crippen LogP contribution in [-0.4, -0.2) is 22.1 Å². The van der Waals surface area contributed by atoms with Crippen molar-refractivity contribution in [2.45, 2.75) is 58.9 Å². The molecule has 4 heteroatoms. The molecule has 0 radical (unpaired) electrons. The van der Waals surface area contributed by atoms with Gasteiger partial charge < -0.3 is 5.73 Å². The number of rotatable bonds is 6. The molecule has 2 rings (SSSR count). The largest absolute Gasteiger partial charge is 0.329 e. The van der Waals surface area contributed by atoms with Gasteiger partial charge in [0, 0.05) is 30.6 Å². The summed E-state index contributed by atoms with van der Waals surface area (Å²) in [6, 6.07) is 2.07. The summed E-state index contributed by atoms with van der Waals surface area (Å²) in [5.74, 6) is 0.310. The maximum atomic E-state index is 12.6. The number of carbonyl (C=O) groups is 1. The van der Waals surface area contributed by atoms with Gasteiger partial charge in [0.15, 0.2) is 0 Å². The summed E-state index contributed by atoms with van der Waals surface area (Å²) in [7, 11) is 0. The molecule has 19 heavy (non-hydrogen) atoms. The first kappa shape index (κ1) is 14.3. The van der Waals surface area contributed by atoms with E-state index in [1.54, 1.807) is 0 Å². The predicted octanol–water partition coefficient (Wildman–Crippen LogP) is 2.10. The molecule has 1 aliphatic rings. The summed E-state index contributed by atoms with van der Waals surface area (Å²) in [4.78, 5) is 12.6. The molecule has 1 aliphatic carbocycles. The van der Waals surface area contributed by atoms with E-state index in [4.69, 9.17) is 5.73 Å². The van der Waals surface area contributed by atoms with E-state index in [9.17, 15) is 4.79 Å². The van der Waals surface area contributed by atoms with E-state index in [1.165, 1.54) is 0 Å². The standard InChI is InChI=1S/C15H25N3O/c1-3-12-9-13(18(4-2)17-12)10-14(19)15(11-16)7-5-6-8-15/h9H,3-8,10-11,16H2,1-2H3. The zero-order chi connectivity index (χ0) is 13.9. The molecule has 0 saturated heterocycles. The van der Waals surface area contributed by atoms with Crippen LogP contribution >= 0.6 is 0 Å². The molecule has 0 unspecified atom stereocenters. The van der Waals surface area contributed by atoms with Crippen LogP contribution in [0.3, 0.4) is 0 Å². The Morgan fingerprint density at radius 1 is 1.42 bits per heavy atom. The van der Waals surface area contributed by atoms with Crippen LogP contribution in [0.1, 0.15) is 50.9 Å². The molecule has 1 aromatic rings. The number of carbonyl (C=O) groups excluding carboxylic acids is 1. The SMILES string of the molecule is CCc1cc(CC(=O)C2(CN)CCCC2)n(CC)n1. The number of Topliss-reactive ketones (excluding diaryl/α,β-unsaturated/α-hetero) is 1. The van der Waals surface area contributed by atoms with Gasteiger partial charge in [-0.05, 0) is 32.3 Å². The Bertz CT molecular complexity index is 444. The third-order valence-corrected chi connectivity index (χ3v) is 4.46. The van der Waals surface area contributed by atoms with Crippen LogP contribution in [-0.2, 0) is 24.2 Å². The molecule has 1 heterocycles. The number of nitrogens with zero attached hydrogens (tertiary/aromatic N) is 2. The highest BCUT2D eigenvalue weighted by Crippen LogP contribution is 2.38. The smallest absolute Gasteiger partial charge is 0.146 e. The minimum Gasteiger partial charge on any atom is -0.329 e. The molecule has 1 saturated carbocycles. The minimum atomic E-state index is -0.255. The summed E-state index contributed by atoms with van der Waals surface area (Å²) in [5, 5.41) is 4.51. The third-order valence-electron chi connectivity index (χ3n) is 4.46. The van der Waals surface area contributed by atoms with Gasteiger partial charge >= 0.3 is 0 Å². The Morgan fingerprint density at radius 3 is 2.63 bits per heavy atom. The second-order valence-corrected chi connectivity index (χ2v) is 5.59. The second-order valence-electron chi connectivity index (χ2n) is 5.59. The summed E-state index contributed by atoms with van der Waals surface area (Å²) in [6.07, 6.45) is 5.59. The van der Waals surface area contributed by atoms with Crippen molar-refractivity contribution in [3.05, 3.63) is 17.5 Å².